The Morgan fingerprint density at radius 3 is 1.90 bits per heavy atom. The van der Waals surface area contributed by atoms with Crippen molar-refractivity contribution in [3.05, 3.63) is 0 Å². The molecule has 0 aliphatic carbocycles. The summed E-state index contributed by atoms with van der Waals surface area (Å²) in [5.41, 5.74) is 0.196. The van der Waals surface area contributed by atoms with E-state index in [1.165, 1.54) is 0 Å². The fourth-order valence-corrected chi connectivity index (χ4v) is 2.79. The SMILES string of the molecule is CCCC(=O)CCCCC[C@H](CC(=O)CCC)C(C)(C)C. The van der Waals surface area contributed by atoms with Gasteiger partial charge in [-0.3, -0.25) is 9.59 Å². The van der Waals surface area contributed by atoms with Gasteiger partial charge in [0.1, 0.15) is 11.6 Å². The van der Waals surface area contributed by atoms with Crippen LogP contribution in [0.1, 0.15) is 98.8 Å². The van der Waals surface area contributed by atoms with E-state index in [0.29, 0.717) is 17.5 Å². The molecule has 0 bridgehead atoms. The third-order valence-electron chi connectivity index (χ3n) is 4.26. The van der Waals surface area contributed by atoms with Crippen molar-refractivity contribution in [3.8, 4) is 0 Å². The van der Waals surface area contributed by atoms with Gasteiger partial charge in [-0.25, -0.2) is 0 Å². The molecule has 0 N–H and O–H groups in total. The predicted molar refractivity (Wildman–Crippen MR) is 90.5 cm³/mol. The van der Waals surface area contributed by atoms with Crippen LogP contribution in [0.4, 0.5) is 0 Å². The van der Waals surface area contributed by atoms with E-state index < -0.39 is 0 Å². The van der Waals surface area contributed by atoms with Gasteiger partial charge in [0.25, 0.3) is 0 Å². The Morgan fingerprint density at radius 1 is 0.810 bits per heavy atom. The molecule has 0 aromatic heterocycles. The van der Waals surface area contributed by atoms with Crippen LogP contribution in [0.3, 0.4) is 0 Å². The molecule has 21 heavy (non-hydrogen) atoms. The van der Waals surface area contributed by atoms with E-state index in [-0.39, 0.29) is 5.41 Å². The van der Waals surface area contributed by atoms with Gasteiger partial charge in [0.15, 0.2) is 0 Å². The first-order valence-electron chi connectivity index (χ1n) is 8.84. The highest BCUT2D eigenvalue weighted by atomic mass is 16.1. The number of hydrogen-bond acceptors (Lipinski definition) is 2. The fourth-order valence-electron chi connectivity index (χ4n) is 2.79. The molecule has 0 fully saturated rings. The van der Waals surface area contributed by atoms with Gasteiger partial charge in [0.05, 0.1) is 0 Å². The number of ketones is 2. The van der Waals surface area contributed by atoms with Crippen molar-refractivity contribution in [2.45, 2.75) is 98.8 Å². The zero-order valence-electron chi connectivity index (χ0n) is 15.0. The van der Waals surface area contributed by atoms with Gasteiger partial charge < -0.3 is 0 Å². The largest absolute Gasteiger partial charge is 0.300 e. The zero-order valence-corrected chi connectivity index (χ0v) is 15.0. The monoisotopic (exact) mass is 296 g/mol. The summed E-state index contributed by atoms with van der Waals surface area (Å²) >= 11 is 0. The topological polar surface area (TPSA) is 34.1 Å². The highest BCUT2D eigenvalue weighted by Crippen LogP contribution is 2.33. The molecule has 2 nitrogen and oxygen atoms in total. The molecule has 0 heterocycles. The van der Waals surface area contributed by atoms with Gasteiger partial charge in [0.2, 0.25) is 0 Å². The fraction of sp³-hybridized carbons (Fsp3) is 0.895. The van der Waals surface area contributed by atoms with Gasteiger partial charge in [-0.15, -0.1) is 0 Å². The molecule has 2 heteroatoms. The zero-order chi connectivity index (χ0) is 16.3. The van der Waals surface area contributed by atoms with Crippen LogP contribution in [0.5, 0.6) is 0 Å². The Labute approximate surface area is 132 Å². The number of hydrogen-bond donors (Lipinski definition) is 0. The molecule has 0 saturated heterocycles. The van der Waals surface area contributed by atoms with Crippen molar-refractivity contribution in [2.24, 2.45) is 11.3 Å². The van der Waals surface area contributed by atoms with E-state index in [0.717, 1.165) is 64.2 Å². The average Bonchev–Trinajstić information content (AvgIpc) is 2.36. The summed E-state index contributed by atoms with van der Waals surface area (Å²) in [7, 11) is 0. The van der Waals surface area contributed by atoms with Gasteiger partial charge in [0, 0.05) is 25.7 Å². The summed E-state index contributed by atoms with van der Waals surface area (Å²) in [6.07, 6.45) is 9.22. The summed E-state index contributed by atoms with van der Waals surface area (Å²) in [4.78, 5) is 23.4. The van der Waals surface area contributed by atoms with E-state index in [2.05, 4.69) is 34.6 Å². The summed E-state index contributed by atoms with van der Waals surface area (Å²) in [6, 6.07) is 0. The molecule has 0 aliphatic rings. The van der Waals surface area contributed by atoms with Crippen molar-refractivity contribution < 1.29 is 9.59 Å². The van der Waals surface area contributed by atoms with Crippen molar-refractivity contribution in [2.75, 3.05) is 0 Å². The Kier molecular flexibility index (Phi) is 10.6. The number of carbonyl (C=O) groups is 2. The molecule has 124 valence electrons. The lowest BCUT2D eigenvalue weighted by atomic mass is 9.75. The molecule has 0 amide bonds. The molecule has 0 saturated carbocycles. The summed E-state index contributed by atoms with van der Waals surface area (Å²) < 4.78 is 0. The number of Topliss-reactive ketones (excluding diaryl/α,β-unsaturated/α-hetero) is 2. The number of unbranched alkanes of at least 4 members (excludes halogenated alkanes) is 2. The summed E-state index contributed by atoms with van der Waals surface area (Å²) in [6.45, 7) is 10.8. The molecule has 1 atom stereocenters. The van der Waals surface area contributed by atoms with E-state index in [1.807, 2.05) is 0 Å². The van der Waals surface area contributed by atoms with Crippen LogP contribution in [0.2, 0.25) is 0 Å². The lowest BCUT2D eigenvalue weighted by molar-refractivity contribution is -0.121. The van der Waals surface area contributed by atoms with Gasteiger partial charge >= 0.3 is 0 Å². The van der Waals surface area contributed by atoms with Crippen molar-refractivity contribution in [1.29, 1.82) is 0 Å². The highest BCUT2D eigenvalue weighted by Gasteiger charge is 2.26. The predicted octanol–water partition coefficient (Wildman–Crippen LogP) is 5.73. The van der Waals surface area contributed by atoms with Crippen LogP contribution in [-0.2, 0) is 9.59 Å². The van der Waals surface area contributed by atoms with Gasteiger partial charge in [-0.1, -0.05) is 47.5 Å². The maximum atomic E-state index is 11.9. The van der Waals surface area contributed by atoms with Crippen LogP contribution < -0.4 is 0 Å². The van der Waals surface area contributed by atoms with Crippen LogP contribution in [0.15, 0.2) is 0 Å². The molecule has 0 spiro atoms. The smallest absolute Gasteiger partial charge is 0.133 e. The molecule has 0 unspecified atom stereocenters. The molecule has 0 aromatic carbocycles. The van der Waals surface area contributed by atoms with E-state index >= 15 is 0 Å². The molecule has 0 aromatic rings. The second kappa shape index (κ2) is 11.0. The van der Waals surface area contributed by atoms with Gasteiger partial charge in [-0.2, -0.15) is 0 Å². The minimum absolute atomic E-state index is 0.196. The first kappa shape index (κ1) is 20.3. The van der Waals surface area contributed by atoms with Crippen LogP contribution in [0, 0.1) is 11.3 Å². The minimum atomic E-state index is 0.196. The molecule has 0 aliphatic heterocycles. The Morgan fingerprint density at radius 2 is 1.38 bits per heavy atom. The maximum Gasteiger partial charge on any atom is 0.133 e. The summed E-state index contributed by atoms with van der Waals surface area (Å²) in [5, 5.41) is 0. The van der Waals surface area contributed by atoms with Crippen molar-refractivity contribution in [3.63, 3.8) is 0 Å². The standard InChI is InChI=1S/C19H36O2/c1-6-11-17(20)14-10-8-9-13-16(19(3,4)5)15-18(21)12-7-2/h16H,6-15H2,1-5H3/t16-/m1/s1. The molecular weight excluding hydrogens is 260 g/mol. The second-order valence-corrected chi connectivity index (χ2v) is 7.44. The van der Waals surface area contributed by atoms with Crippen LogP contribution in [-0.4, -0.2) is 11.6 Å². The minimum Gasteiger partial charge on any atom is -0.300 e. The van der Waals surface area contributed by atoms with E-state index in [9.17, 15) is 9.59 Å². The Hall–Kier alpha value is -0.660. The highest BCUT2D eigenvalue weighted by molar-refractivity contribution is 5.78. The maximum absolute atomic E-state index is 11.9. The van der Waals surface area contributed by atoms with E-state index in [4.69, 9.17) is 0 Å². The third kappa shape index (κ3) is 10.7. The van der Waals surface area contributed by atoms with Crippen LogP contribution in [0.25, 0.3) is 0 Å². The number of rotatable bonds is 12. The lowest BCUT2D eigenvalue weighted by Crippen LogP contribution is -2.23. The van der Waals surface area contributed by atoms with Crippen LogP contribution >= 0.6 is 0 Å². The third-order valence-corrected chi connectivity index (χ3v) is 4.26. The van der Waals surface area contributed by atoms with E-state index in [1.54, 1.807) is 0 Å². The first-order valence-corrected chi connectivity index (χ1v) is 8.84. The Bertz CT molecular complexity index is 299. The second-order valence-electron chi connectivity index (χ2n) is 7.44. The molecule has 0 rings (SSSR count). The molecule has 0 radical (unpaired) electrons. The van der Waals surface area contributed by atoms with Crippen molar-refractivity contribution in [1.82, 2.24) is 0 Å². The van der Waals surface area contributed by atoms with Gasteiger partial charge in [-0.05, 0) is 37.0 Å². The normalized spacial score (nSPS) is 13.2. The first-order chi connectivity index (χ1) is 9.81. The Balaban J connectivity index is 4.03. The quantitative estimate of drug-likeness (QED) is 0.431. The molecular formula is C19H36O2. The average molecular weight is 296 g/mol. The lowest BCUT2D eigenvalue weighted by Gasteiger charge is -2.30. The summed E-state index contributed by atoms with van der Waals surface area (Å²) in [5.74, 6) is 1.29. The number of carbonyl (C=O) groups excluding carboxylic acids is 2. The van der Waals surface area contributed by atoms with Crippen molar-refractivity contribution >= 4 is 11.6 Å².